The largest absolute Gasteiger partial charge is 0.399 e. The molecule has 0 aliphatic carbocycles. The van der Waals surface area contributed by atoms with Gasteiger partial charge in [-0.1, -0.05) is 0 Å². The van der Waals surface area contributed by atoms with Crippen LogP contribution in [0.4, 0.5) is 11.4 Å². The number of nitrogens with zero attached hydrogens (tertiary/aromatic N) is 3. The zero-order valence-electron chi connectivity index (χ0n) is 11.0. The first-order valence-electron chi connectivity index (χ1n) is 6.26. The molecule has 0 fully saturated rings. The van der Waals surface area contributed by atoms with Crippen LogP contribution in [0.25, 0.3) is 0 Å². The Morgan fingerprint density at radius 3 is 2.95 bits per heavy atom. The maximum absolute atomic E-state index is 12.6. The molecule has 1 unspecified atom stereocenters. The highest BCUT2D eigenvalue weighted by Gasteiger charge is 2.32. The maximum atomic E-state index is 12.6. The van der Waals surface area contributed by atoms with Crippen molar-refractivity contribution in [2.24, 2.45) is 7.05 Å². The third kappa shape index (κ3) is 1.78. The minimum Gasteiger partial charge on any atom is -0.399 e. The fraction of sp³-hybridized carbons (Fsp3) is 0.286. The average Bonchev–Trinajstić information content (AvgIpc) is 2.90. The Bertz CT molecular complexity index is 647. The molecule has 2 N–H and O–H groups in total. The Kier molecular flexibility index (Phi) is 2.55. The molecular weight excluding hydrogens is 240 g/mol. The van der Waals surface area contributed by atoms with Gasteiger partial charge in [0.05, 0.1) is 12.5 Å². The van der Waals surface area contributed by atoms with E-state index in [1.807, 2.05) is 37.1 Å². The van der Waals surface area contributed by atoms with Crippen molar-refractivity contribution in [3.8, 4) is 0 Å². The summed E-state index contributed by atoms with van der Waals surface area (Å²) in [5.41, 5.74) is 9.21. The van der Waals surface area contributed by atoms with Gasteiger partial charge in [0.2, 0.25) is 0 Å². The summed E-state index contributed by atoms with van der Waals surface area (Å²) in [5, 5.41) is 0. The van der Waals surface area contributed by atoms with Gasteiger partial charge in [-0.2, -0.15) is 0 Å². The number of carbonyl (C=O) groups is 1. The maximum Gasteiger partial charge on any atom is 0.276 e. The monoisotopic (exact) mass is 256 g/mol. The van der Waals surface area contributed by atoms with Crippen LogP contribution in [0.1, 0.15) is 23.0 Å². The van der Waals surface area contributed by atoms with Crippen molar-refractivity contribution < 1.29 is 4.79 Å². The van der Waals surface area contributed by atoms with Gasteiger partial charge < -0.3 is 15.2 Å². The van der Waals surface area contributed by atoms with E-state index >= 15 is 0 Å². The molecule has 0 saturated heterocycles. The molecule has 1 aromatic heterocycles. The molecule has 0 bridgehead atoms. The molecule has 1 aliphatic rings. The van der Waals surface area contributed by atoms with E-state index in [2.05, 4.69) is 4.98 Å². The Morgan fingerprint density at radius 1 is 1.47 bits per heavy atom. The molecule has 0 radical (unpaired) electrons. The number of imidazole rings is 1. The van der Waals surface area contributed by atoms with Crippen LogP contribution < -0.4 is 10.6 Å². The molecule has 5 heteroatoms. The van der Waals surface area contributed by atoms with Crippen LogP contribution in [0.5, 0.6) is 0 Å². The lowest BCUT2D eigenvalue weighted by atomic mass is 10.1. The third-order valence-electron chi connectivity index (χ3n) is 3.57. The summed E-state index contributed by atoms with van der Waals surface area (Å²) in [6.07, 6.45) is 4.08. The molecule has 2 heterocycles. The van der Waals surface area contributed by atoms with E-state index in [1.54, 1.807) is 17.1 Å². The molecule has 1 atom stereocenters. The van der Waals surface area contributed by atoms with Gasteiger partial charge >= 0.3 is 0 Å². The molecule has 0 spiro atoms. The molecule has 1 amide bonds. The minimum atomic E-state index is -0.0176. The predicted octanol–water partition coefficient (Wildman–Crippen LogP) is 1.59. The second-order valence-electron chi connectivity index (χ2n) is 5.01. The second-order valence-corrected chi connectivity index (χ2v) is 5.01. The summed E-state index contributed by atoms with van der Waals surface area (Å²) in [7, 11) is 1.82. The fourth-order valence-corrected chi connectivity index (χ4v) is 2.65. The SMILES string of the molecule is CC1Cc2cc(N)ccc2N1C(=O)c1cncn1C. The van der Waals surface area contributed by atoms with Crippen LogP contribution in [-0.4, -0.2) is 21.5 Å². The molecule has 1 aromatic carbocycles. The number of amides is 1. The number of nitrogens with two attached hydrogens (primary N) is 1. The zero-order chi connectivity index (χ0) is 13.6. The molecule has 2 aromatic rings. The van der Waals surface area contributed by atoms with Crippen LogP contribution in [0.2, 0.25) is 0 Å². The van der Waals surface area contributed by atoms with Gasteiger partial charge in [0.15, 0.2) is 0 Å². The minimum absolute atomic E-state index is 0.0176. The lowest BCUT2D eigenvalue weighted by Crippen LogP contribution is -2.36. The molecule has 1 aliphatic heterocycles. The Labute approximate surface area is 111 Å². The quantitative estimate of drug-likeness (QED) is 0.788. The number of benzene rings is 1. The lowest BCUT2D eigenvalue weighted by Gasteiger charge is -2.22. The number of anilines is 2. The topological polar surface area (TPSA) is 64.2 Å². The summed E-state index contributed by atoms with van der Waals surface area (Å²) in [6, 6.07) is 5.84. The first kappa shape index (κ1) is 11.8. The van der Waals surface area contributed by atoms with Gasteiger partial charge in [-0.3, -0.25) is 4.79 Å². The van der Waals surface area contributed by atoms with Crippen molar-refractivity contribution in [3.63, 3.8) is 0 Å². The van der Waals surface area contributed by atoms with Crippen LogP contribution in [-0.2, 0) is 13.5 Å². The smallest absolute Gasteiger partial charge is 0.276 e. The van der Waals surface area contributed by atoms with Gasteiger partial charge in [-0.15, -0.1) is 0 Å². The van der Waals surface area contributed by atoms with Crippen molar-refractivity contribution in [2.45, 2.75) is 19.4 Å². The Hall–Kier alpha value is -2.30. The van der Waals surface area contributed by atoms with Gasteiger partial charge in [0.25, 0.3) is 5.91 Å². The average molecular weight is 256 g/mol. The van der Waals surface area contributed by atoms with Crippen LogP contribution >= 0.6 is 0 Å². The van der Waals surface area contributed by atoms with Crippen molar-refractivity contribution in [2.75, 3.05) is 10.6 Å². The summed E-state index contributed by atoms with van der Waals surface area (Å²) in [4.78, 5) is 18.5. The lowest BCUT2D eigenvalue weighted by molar-refractivity contribution is 0.0973. The third-order valence-corrected chi connectivity index (χ3v) is 3.57. The summed E-state index contributed by atoms with van der Waals surface area (Å²) in [5.74, 6) is -0.0176. The first-order chi connectivity index (χ1) is 9.08. The van der Waals surface area contributed by atoms with Crippen molar-refractivity contribution in [3.05, 3.63) is 42.0 Å². The highest BCUT2D eigenvalue weighted by Crippen LogP contribution is 2.34. The van der Waals surface area contributed by atoms with E-state index in [4.69, 9.17) is 5.73 Å². The molecule has 5 nitrogen and oxygen atoms in total. The number of fused-ring (bicyclic) bond motifs is 1. The van der Waals surface area contributed by atoms with E-state index in [0.717, 1.165) is 23.4 Å². The number of carbonyl (C=O) groups excluding carboxylic acids is 1. The van der Waals surface area contributed by atoms with E-state index in [-0.39, 0.29) is 11.9 Å². The van der Waals surface area contributed by atoms with Crippen LogP contribution in [0.3, 0.4) is 0 Å². The van der Waals surface area contributed by atoms with Gasteiger partial charge in [0, 0.05) is 24.5 Å². The highest BCUT2D eigenvalue weighted by molar-refractivity contribution is 6.06. The van der Waals surface area contributed by atoms with Gasteiger partial charge in [0.1, 0.15) is 5.69 Å². The summed E-state index contributed by atoms with van der Waals surface area (Å²) >= 11 is 0. The zero-order valence-corrected chi connectivity index (χ0v) is 11.0. The van der Waals surface area contributed by atoms with Crippen molar-refractivity contribution >= 4 is 17.3 Å². The number of aryl methyl sites for hydroxylation is 1. The van der Waals surface area contributed by atoms with E-state index < -0.39 is 0 Å². The van der Waals surface area contributed by atoms with Crippen LogP contribution in [0, 0.1) is 0 Å². The first-order valence-corrected chi connectivity index (χ1v) is 6.26. The molecule has 19 heavy (non-hydrogen) atoms. The molecule has 0 saturated carbocycles. The Morgan fingerprint density at radius 2 is 2.26 bits per heavy atom. The second kappa shape index (κ2) is 4.12. The van der Waals surface area contributed by atoms with Gasteiger partial charge in [-0.25, -0.2) is 4.98 Å². The number of hydrogen-bond acceptors (Lipinski definition) is 3. The highest BCUT2D eigenvalue weighted by atomic mass is 16.2. The number of hydrogen-bond donors (Lipinski definition) is 1. The van der Waals surface area contributed by atoms with E-state index in [0.29, 0.717) is 5.69 Å². The van der Waals surface area contributed by atoms with Gasteiger partial charge in [-0.05, 0) is 37.1 Å². The molecule has 3 rings (SSSR count). The molecular formula is C14H16N4O. The summed E-state index contributed by atoms with van der Waals surface area (Å²) < 4.78 is 1.74. The van der Waals surface area contributed by atoms with E-state index in [9.17, 15) is 4.79 Å². The number of aromatic nitrogens is 2. The fourth-order valence-electron chi connectivity index (χ4n) is 2.65. The van der Waals surface area contributed by atoms with Crippen molar-refractivity contribution in [1.29, 1.82) is 0 Å². The van der Waals surface area contributed by atoms with Crippen LogP contribution in [0.15, 0.2) is 30.7 Å². The molecule has 98 valence electrons. The number of nitrogen functional groups attached to an aromatic ring is 1. The standard InChI is InChI=1S/C14H16N4O/c1-9-5-10-6-11(15)3-4-12(10)18(9)14(19)13-7-16-8-17(13)2/h3-4,6-9H,5,15H2,1-2H3. The van der Waals surface area contributed by atoms with Crippen molar-refractivity contribution in [1.82, 2.24) is 9.55 Å². The predicted molar refractivity (Wildman–Crippen MR) is 74.0 cm³/mol. The normalized spacial score (nSPS) is 17.6. The number of rotatable bonds is 1. The summed E-state index contributed by atoms with van der Waals surface area (Å²) in [6.45, 7) is 2.05. The Balaban J connectivity index is 2.03. The van der Waals surface area contributed by atoms with E-state index in [1.165, 1.54) is 0 Å².